The third-order valence-electron chi connectivity index (χ3n) is 5.70. The van der Waals surface area contributed by atoms with E-state index in [0.717, 1.165) is 57.0 Å². The van der Waals surface area contributed by atoms with Gasteiger partial charge in [0.15, 0.2) is 0 Å². The van der Waals surface area contributed by atoms with E-state index < -0.39 is 0 Å². The van der Waals surface area contributed by atoms with Gasteiger partial charge < -0.3 is 19.7 Å². The van der Waals surface area contributed by atoms with Crippen molar-refractivity contribution in [3.8, 4) is 5.75 Å². The zero-order valence-electron chi connectivity index (χ0n) is 16.8. The molecule has 2 saturated heterocycles. The van der Waals surface area contributed by atoms with Gasteiger partial charge in [-0.1, -0.05) is 0 Å². The van der Waals surface area contributed by atoms with E-state index in [9.17, 15) is 4.79 Å². The highest BCUT2D eigenvalue weighted by atomic mass is 16.5. The van der Waals surface area contributed by atoms with Crippen LogP contribution in [0.2, 0.25) is 0 Å². The molecule has 0 radical (unpaired) electrons. The predicted octanol–water partition coefficient (Wildman–Crippen LogP) is 2.89. The lowest BCUT2D eigenvalue weighted by Crippen LogP contribution is -2.40. The van der Waals surface area contributed by atoms with E-state index in [1.807, 2.05) is 36.4 Å². The fourth-order valence-corrected chi connectivity index (χ4v) is 3.96. The largest absolute Gasteiger partial charge is 0.490 e. The molecule has 0 saturated carbocycles. The van der Waals surface area contributed by atoms with Crippen molar-refractivity contribution >= 4 is 5.91 Å². The average molecular weight is 396 g/mol. The second-order valence-electron chi connectivity index (χ2n) is 7.91. The van der Waals surface area contributed by atoms with Crippen molar-refractivity contribution in [1.29, 1.82) is 0 Å². The Morgan fingerprint density at radius 2 is 1.86 bits per heavy atom. The molecule has 2 aliphatic heterocycles. The molecule has 0 unspecified atom stereocenters. The molecule has 1 aromatic heterocycles. The van der Waals surface area contributed by atoms with Crippen LogP contribution in [0.25, 0.3) is 0 Å². The van der Waals surface area contributed by atoms with Crippen molar-refractivity contribution in [2.75, 3.05) is 32.8 Å². The SMILES string of the molecule is O=C(NCc1ccncc1)c1ccc(OC2CCN(C[C@@H]3CCOC3)CC2)cc1. The van der Waals surface area contributed by atoms with Gasteiger partial charge in [-0.2, -0.15) is 0 Å². The Hall–Kier alpha value is -2.44. The number of piperidine rings is 1. The molecule has 1 N–H and O–H groups in total. The lowest BCUT2D eigenvalue weighted by atomic mass is 10.0. The second kappa shape index (κ2) is 9.85. The maximum Gasteiger partial charge on any atom is 0.251 e. The first-order chi connectivity index (χ1) is 14.3. The molecule has 1 atom stereocenters. The van der Waals surface area contributed by atoms with Gasteiger partial charge in [0.25, 0.3) is 5.91 Å². The molecule has 2 aromatic rings. The van der Waals surface area contributed by atoms with Gasteiger partial charge >= 0.3 is 0 Å². The third kappa shape index (κ3) is 5.78. The van der Waals surface area contributed by atoms with Crippen LogP contribution in [0.5, 0.6) is 5.75 Å². The summed E-state index contributed by atoms with van der Waals surface area (Å²) in [4.78, 5) is 18.8. The summed E-state index contributed by atoms with van der Waals surface area (Å²) in [5.41, 5.74) is 1.67. The minimum atomic E-state index is -0.0856. The number of likely N-dealkylation sites (tertiary alicyclic amines) is 1. The topological polar surface area (TPSA) is 63.7 Å². The lowest BCUT2D eigenvalue weighted by Gasteiger charge is -2.33. The first-order valence-corrected chi connectivity index (χ1v) is 10.5. The number of hydrogen-bond acceptors (Lipinski definition) is 5. The summed E-state index contributed by atoms with van der Waals surface area (Å²) in [5, 5.41) is 2.93. The van der Waals surface area contributed by atoms with Gasteiger partial charge in [0.1, 0.15) is 11.9 Å². The Kier molecular flexibility index (Phi) is 6.75. The van der Waals surface area contributed by atoms with Crippen molar-refractivity contribution in [3.05, 3.63) is 59.9 Å². The molecule has 2 aliphatic rings. The third-order valence-corrected chi connectivity index (χ3v) is 5.70. The quantitative estimate of drug-likeness (QED) is 0.781. The van der Waals surface area contributed by atoms with Crippen LogP contribution < -0.4 is 10.1 Å². The highest BCUT2D eigenvalue weighted by Gasteiger charge is 2.24. The van der Waals surface area contributed by atoms with Gasteiger partial charge in [0.05, 0.1) is 6.61 Å². The summed E-state index contributed by atoms with van der Waals surface area (Å²) in [6.45, 7) is 5.63. The van der Waals surface area contributed by atoms with Crippen LogP contribution in [-0.4, -0.2) is 54.7 Å². The molecule has 0 aliphatic carbocycles. The standard InChI is InChI=1S/C23H29N3O3/c27-23(25-15-18-5-10-24-11-6-18)20-1-3-21(4-2-20)29-22-7-12-26(13-8-22)16-19-9-14-28-17-19/h1-6,10-11,19,22H,7-9,12-17H2,(H,25,27)/t19-/m0/s1. The van der Waals surface area contributed by atoms with Gasteiger partial charge in [0, 0.05) is 50.7 Å². The minimum Gasteiger partial charge on any atom is -0.490 e. The van der Waals surface area contributed by atoms with Crippen LogP contribution in [0.4, 0.5) is 0 Å². The van der Waals surface area contributed by atoms with Crippen LogP contribution >= 0.6 is 0 Å². The number of rotatable bonds is 7. The highest BCUT2D eigenvalue weighted by molar-refractivity contribution is 5.94. The molecule has 1 aromatic carbocycles. The molecule has 154 valence electrons. The number of carbonyl (C=O) groups excluding carboxylic acids is 1. The molecule has 29 heavy (non-hydrogen) atoms. The maximum absolute atomic E-state index is 12.3. The van der Waals surface area contributed by atoms with E-state index in [0.29, 0.717) is 18.0 Å². The molecule has 6 heteroatoms. The number of aromatic nitrogens is 1. The van der Waals surface area contributed by atoms with E-state index in [2.05, 4.69) is 15.2 Å². The summed E-state index contributed by atoms with van der Waals surface area (Å²) in [7, 11) is 0. The van der Waals surface area contributed by atoms with Crippen LogP contribution in [0, 0.1) is 5.92 Å². The molecular weight excluding hydrogens is 366 g/mol. The second-order valence-corrected chi connectivity index (χ2v) is 7.91. The van der Waals surface area contributed by atoms with Gasteiger partial charge in [-0.3, -0.25) is 9.78 Å². The van der Waals surface area contributed by atoms with Crippen LogP contribution in [-0.2, 0) is 11.3 Å². The molecule has 2 fully saturated rings. The normalized spacial score (nSPS) is 20.5. The zero-order chi connectivity index (χ0) is 19.9. The summed E-state index contributed by atoms with van der Waals surface area (Å²) in [6, 6.07) is 11.2. The molecule has 1 amide bonds. The van der Waals surface area contributed by atoms with Crippen molar-refractivity contribution in [3.63, 3.8) is 0 Å². The number of amides is 1. The van der Waals surface area contributed by atoms with Gasteiger partial charge in [-0.15, -0.1) is 0 Å². The number of carbonyl (C=O) groups is 1. The number of benzene rings is 1. The van der Waals surface area contributed by atoms with Gasteiger partial charge in [0.2, 0.25) is 0 Å². The number of ether oxygens (including phenoxy) is 2. The average Bonchev–Trinajstić information content (AvgIpc) is 3.28. The predicted molar refractivity (Wildman–Crippen MR) is 111 cm³/mol. The van der Waals surface area contributed by atoms with E-state index in [1.165, 1.54) is 6.42 Å². The Morgan fingerprint density at radius 3 is 2.55 bits per heavy atom. The highest BCUT2D eigenvalue weighted by Crippen LogP contribution is 2.22. The minimum absolute atomic E-state index is 0.0856. The smallest absolute Gasteiger partial charge is 0.251 e. The summed E-state index contributed by atoms with van der Waals surface area (Å²) in [5.74, 6) is 1.45. The number of nitrogens with one attached hydrogen (secondary N) is 1. The Morgan fingerprint density at radius 1 is 1.10 bits per heavy atom. The van der Waals surface area contributed by atoms with Crippen LogP contribution in [0.15, 0.2) is 48.8 Å². The molecule has 3 heterocycles. The Bertz CT molecular complexity index is 768. The summed E-state index contributed by atoms with van der Waals surface area (Å²) < 4.78 is 11.6. The number of nitrogens with zero attached hydrogens (tertiary/aromatic N) is 2. The Balaban J connectivity index is 1.21. The molecular formula is C23H29N3O3. The zero-order valence-corrected chi connectivity index (χ0v) is 16.8. The molecule has 0 spiro atoms. The lowest BCUT2D eigenvalue weighted by molar-refractivity contribution is 0.0880. The van der Waals surface area contributed by atoms with Crippen LogP contribution in [0.3, 0.4) is 0 Å². The monoisotopic (exact) mass is 395 g/mol. The van der Waals surface area contributed by atoms with E-state index in [1.54, 1.807) is 12.4 Å². The van der Waals surface area contributed by atoms with E-state index in [4.69, 9.17) is 9.47 Å². The van der Waals surface area contributed by atoms with Crippen molar-refractivity contribution in [1.82, 2.24) is 15.2 Å². The first kappa shape index (κ1) is 19.9. The van der Waals surface area contributed by atoms with Crippen molar-refractivity contribution in [2.24, 2.45) is 5.92 Å². The van der Waals surface area contributed by atoms with Gasteiger partial charge in [-0.05, 0) is 67.1 Å². The summed E-state index contributed by atoms with van der Waals surface area (Å²) in [6.07, 6.45) is 6.97. The maximum atomic E-state index is 12.3. The number of hydrogen-bond donors (Lipinski definition) is 1. The van der Waals surface area contributed by atoms with Crippen molar-refractivity contribution < 1.29 is 14.3 Å². The van der Waals surface area contributed by atoms with E-state index >= 15 is 0 Å². The fourth-order valence-electron chi connectivity index (χ4n) is 3.96. The number of pyridine rings is 1. The first-order valence-electron chi connectivity index (χ1n) is 10.5. The van der Waals surface area contributed by atoms with E-state index in [-0.39, 0.29) is 12.0 Å². The van der Waals surface area contributed by atoms with Gasteiger partial charge in [-0.25, -0.2) is 0 Å². The molecule has 4 rings (SSSR count). The van der Waals surface area contributed by atoms with Crippen LogP contribution in [0.1, 0.15) is 35.2 Å². The summed E-state index contributed by atoms with van der Waals surface area (Å²) >= 11 is 0. The fraction of sp³-hybridized carbons (Fsp3) is 0.478. The van der Waals surface area contributed by atoms with Crippen molar-refractivity contribution in [2.45, 2.75) is 31.9 Å². The molecule has 6 nitrogen and oxygen atoms in total. The molecule has 0 bridgehead atoms. The Labute approximate surface area is 172 Å².